The summed E-state index contributed by atoms with van der Waals surface area (Å²) in [6.45, 7) is 2.00. The molecule has 2 N–H and O–H groups in total. The van der Waals surface area contributed by atoms with E-state index in [4.69, 9.17) is 10.5 Å². The predicted octanol–water partition coefficient (Wildman–Crippen LogP) is 1.42. The van der Waals surface area contributed by atoms with Crippen LogP contribution in [-0.2, 0) is 11.3 Å². The minimum absolute atomic E-state index is 0. The summed E-state index contributed by atoms with van der Waals surface area (Å²) >= 11 is 0. The van der Waals surface area contributed by atoms with Gasteiger partial charge in [-0.2, -0.15) is 0 Å². The van der Waals surface area contributed by atoms with Gasteiger partial charge in [0.15, 0.2) is 0 Å². The molecule has 1 unspecified atom stereocenters. The predicted molar refractivity (Wildman–Crippen MR) is 72.8 cm³/mol. The smallest absolute Gasteiger partial charge is 0.223 e. The van der Waals surface area contributed by atoms with Crippen molar-refractivity contribution in [3.05, 3.63) is 29.8 Å². The first-order valence-corrected chi connectivity index (χ1v) is 5.83. The first kappa shape index (κ1) is 14.8. The summed E-state index contributed by atoms with van der Waals surface area (Å²) in [6.07, 6.45) is 0.584. The average Bonchev–Trinajstić information content (AvgIpc) is 2.70. The van der Waals surface area contributed by atoms with Gasteiger partial charge in [0.25, 0.3) is 0 Å². The molecule has 0 aromatic heterocycles. The molecule has 1 aromatic carbocycles. The molecular formula is C13H19ClN2O2. The molecule has 1 atom stereocenters. The SMILES string of the molecule is COc1cccc(CN2CC(CN)CC2=O)c1.Cl. The third kappa shape index (κ3) is 3.37. The first-order chi connectivity index (χ1) is 8.22. The highest BCUT2D eigenvalue weighted by atomic mass is 35.5. The summed E-state index contributed by atoms with van der Waals surface area (Å²) < 4.78 is 5.17. The lowest BCUT2D eigenvalue weighted by atomic mass is 10.1. The maximum atomic E-state index is 11.7. The number of amides is 1. The maximum Gasteiger partial charge on any atom is 0.223 e. The Labute approximate surface area is 114 Å². The van der Waals surface area contributed by atoms with Crippen LogP contribution in [0.4, 0.5) is 0 Å². The van der Waals surface area contributed by atoms with Crippen LogP contribution in [0.5, 0.6) is 5.75 Å². The molecule has 0 saturated carbocycles. The molecule has 1 fully saturated rings. The minimum Gasteiger partial charge on any atom is -0.497 e. The number of carbonyl (C=O) groups excluding carboxylic acids is 1. The fourth-order valence-corrected chi connectivity index (χ4v) is 2.16. The third-order valence-electron chi connectivity index (χ3n) is 3.14. The van der Waals surface area contributed by atoms with E-state index in [1.807, 2.05) is 29.2 Å². The van der Waals surface area contributed by atoms with Crippen molar-refractivity contribution in [2.45, 2.75) is 13.0 Å². The van der Waals surface area contributed by atoms with Crippen LogP contribution < -0.4 is 10.5 Å². The van der Waals surface area contributed by atoms with Crippen molar-refractivity contribution in [3.63, 3.8) is 0 Å². The molecule has 100 valence electrons. The fourth-order valence-electron chi connectivity index (χ4n) is 2.16. The fraction of sp³-hybridized carbons (Fsp3) is 0.462. The molecular weight excluding hydrogens is 252 g/mol. The highest BCUT2D eigenvalue weighted by Gasteiger charge is 2.28. The highest BCUT2D eigenvalue weighted by molar-refractivity contribution is 5.85. The lowest BCUT2D eigenvalue weighted by Crippen LogP contribution is -2.25. The molecule has 5 heteroatoms. The lowest BCUT2D eigenvalue weighted by molar-refractivity contribution is -0.128. The van der Waals surface area contributed by atoms with Gasteiger partial charge in [-0.25, -0.2) is 0 Å². The van der Waals surface area contributed by atoms with Crippen LogP contribution in [-0.4, -0.2) is 31.0 Å². The van der Waals surface area contributed by atoms with Crippen LogP contribution in [0.1, 0.15) is 12.0 Å². The molecule has 1 aromatic rings. The number of carbonyl (C=O) groups is 1. The van der Waals surface area contributed by atoms with Gasteiger partial charge in [-0.15, -0.1) is 12.4 Å². The maximum absolute atomic E-state index is 11.7. The van der Waals surface area contributed by atoms with E-state index in [0.29, 0.717) is 25.4 Å². The summed E-state index contributed by atoms with van der Waals surface area (Å²) in [4.78, 5) is 13.6. The van der Waals surface area contributed by atoms with Crippen LogP contribution in [0.2, 0.25) is 0 Å². The molecule has 0 spiro atoms. The molecule has 18 heavy (non-hydrogen) atoms. The molecule has 2 rings (SSSR count). The number of nitrogens with zero attached hydrogens (tertiary/aromatic N) is 1. The normalized spacial score (nSPS) is 18.7. The quantitative estimate of drug-likeness (QED) is 0.900. The third-order valence-corrected chi connectivity index (χ3v) is 3.14. The summed E-state index contributed by atoms with van der Waals surface area (Å²) in [6, 6.07) is 7.81. The Bertz CT molecular complexity index is 412. The number of likely N-dealkylation sites (tertiary alicyclic amines) is 1. The zero-order chi connectivity index (χ0) is 12.3. The Balaban J connectivity index is 0.00000162. The second-order valence-corrected chi connectivity index (χ2v) is 4.43. The second-order valence-electron chi connectivity index (χ2n) is 4.43. The van der Waals surface area contributed by atoms with Gasteiger partial charge in [0.2, 0.25) is 5.91 Å². The molecule has 1 heterocycles. The molecule has 1 amide bonds. The van der Waals surface area contributed by atoms with E-state index in [1.54, 1.807) is 7.11 Å². The monoisotopic (exact) mass is 270 g/mol. The molecule has 1 saturated heterocycles. The number of methoxy groups -OCH3 is 1. The Hall–Kier alpha value is -1.26. The van der Waals surface area contributed by atoms with Crippen molar-refractivity contribution in [1.29, 1.82) is 0 Å². The summed E-state index contributed by atoms with van der Waals surface area (Å²) in [5, 5.41) is 0. The van der Waals surface area contributed by atoms with E-state index < -0.39 is 0 Å². The van der Waals surface area contributed by atoms with Gasteiger partial charge in [0.05, 0.1) is 7.11 Å². The molecule has 4 nitrogen and oxygen atoms in total. The lowest BCUT2D eigenvalue weighted by Gasteiger charge is -2.16. The van der Waals surface area contributed by atoms with Crippen molar-refractivity contribution in [1.82, 2.24) is 4.90 Å². The van der Waals surface area contributed by atoms with E-state index in [9.17, 15) is 4.79 Å². The van der Waals surface area contributed by atoms with Crippen LogP contribution in [0, 0.1) is 5.92 Å². The number of benzene rings is 1. The van der Waals surface area contributed by atoms with Gasteiger partial charge in [-0.3, -0.25) is 4.79 Å². The number of hydrogen-bond donors (Lipinski definition) is 1. The number of rotatable bonds is 4. The number of hydrogen-bond acceptors (Lipinski definition) is 3. The van der Waals surface area contributed by atoms with E-state index in [2.05, 4.69) is 0 Å². The van der Waals surface area contributed by atoms with Crippen LogP contribution in [0.15, 0.2) is 24.3 Å². The summed E-state index contributed by atoms with van der Waals surface area (Å²) in [5.74, 6) is 1.33. The Morgan fingerprint density at radius 3 is 2.89 bits per heavy atom. The highest BCUT2D eigenvalue weighted by Crippen LogP contribution is 2.20. The van der Waals surface area contributed by atoms with E-state index in [0.717, 1.165) is 17.9 Å². The van der Waals surface area contributed by atoms with Crippen LogP contribution in [0.25, 0.3) is 0 Å². The van der Waals surface area contributed by atoms with E-state index >= 15 is 0 Å². The van der Waals surface area contributed by atoms with Crippen molar-refractivity contribution < 1.29 is 9.53 Å². The van der Waals surface area contributed by atoms with Crippen molar-refractivity contribution in [2.75, 3.05) is 20.2 Å². The zero-order valence-corrected chi connectivity index (χ0v) is 11.3. The van der Waals surface area contributed by atoms with Gasteiger partial charge in [0, 0.05) is 19.5 Å². The van der Waals surface area contributed by atoms with Gasteiger partial charge in [0.1, 0.15) is 5.75 Å². The van der Waals surface area contributed by atoms with Gasteiger partial charge in [-0.05, 0) is 30.2 Å². The minimum atomic E-state index is 0. The molecule has 1 aliphatic heterocycles. The first-order valence-electron chi connectivity index (χ1n) is 5.83. The van der Waals surface area contributed by atoms with Crippen LogP contribution >= 0.6 is 12.4 Å². The van der Waals surface area contributed by atoms with Crippen molar-refractivity contribution in [2.24, 2.45) is 11.7 Å². The Morgan fingerprint density at radius 1 is 1.50 bits per heavy atom. The second kappa shape index (κ2) is 6.61. The van der Waals surface area contributed by atoms with Crippen LogP contribution in [0.3, 0.4) is 0 Å². The topological polar surface area (TPSA) is 55.6 Å². The number of halogens is 1. The molecule has 0 aliphatic carbocycles. The number of ether oxygens (including phenoxy) is 1. The largest absolute Gasteiger partial charge is 0.497 e. The molecule has 1 aliphatic rings. The van der Waals surface area contributed by atoms with E-state index in [-0.39, 0.29) is 18.3 Å². The zero-order valence-electron chi connectivity index (χ0n) is 10.5. The standard InChI is InChI=1S/C13H18N2O2.ClH/c1-17-12-4-2-3-10(5-12)8-15-9-11(7-14)6-13(15)16;/h2-5,11H,6-9,14H2,1H3;1H. The molecule has 0 bridgehead atoms. The van der Waals surface area contributed by atoms with Gasteiger partial charge in [-0.1, -0.05) is 12.1 Å². The van der Waals surface area contributed by atoms with Gasteiger partial charge >= 0.3 is 0 Å². The summed E-state index contributed by atoms with van der Waals surface area (Å²) in [7, 11) is 1.64. The van der Waals surface area contributed by atoms with E-state index in [1.165, 1.54) is 0 Å². The summed E-state index contributed by atoms with van der Waals surface area (Å²) in [5.41, 5.74) is 6.69. The van der Waals surface area contributed by atoms with Crippen molar-refractivity contribution in [3.8, 4) is 5.75 Å². The van der Waals surface area contributed by atoms with Crippen molar-refractivity contribution >= 4 is 18.3 Å². The Morgan fingerprint density at radius 2 is 2.28 bits per heavy atom. The Kier molecular flexibility index (Phi) is 5.44. The van der Waals surface area contributed by atoms with Gasteiger partial charge < -0.3 is 15.4 Å². The molecule has 0 radical (unpaired) electrons. The average molecular weight is 271 g/mol. The number of nitrogens with two attached hydrogens (primary N) is 1.